The minimum atomic E-state index is -1.16. The lowest BCUT2D eigenvalue weighted by Crippen LogP contribution is -2.99. The molecule has 0 unspecified atom stereocenters. The summed E-state index contributed by atoms with van der Waals surface area (Å²) < 4.78 is 0. The summed E-state index contributed by atoms with van der Waals surface area (Å²) in [6.45, 7) is 0.627. The minimum absolute atomic E-state index is 0.101. The number of thioether (sulfide) groups is 1. The molecule has 41 heavy (non-hydrogen) atoms. The fourth-order valence-electron chi connectivity index (χ4n) is 7.37. The molecule has 1 spiro atoms. The topological polar surface area (TPSA) is 74.3 Å². The molecule has 3 heterocycles. The Labute approximate surface area is 243 Å². The van der Waals surface area contributed by atoms with Gasteiger partial charge in [0.1, 0.15) is 17.9 Å². The Bertz CT molecular complexity index is 1670. The number of hydrogen-bond acceptors (Lipinski definition) is 4. The van der Waals surface area contributed by atoms with E-state index in [9.17, 15) is 14.4 Å². The van der Waals surface area contributed by atoms with E-state index in [1.807, 2.05) is 84.0 Å². The third kappa shape index (κ3) is 3.94. The van der Waals surface area contributed by atoms with Crippen molar-refractivity contribution < 1.29 is 19.7 Å². The van der Waals surface area contributed by atoms with E-state index in [2.05, 4.69) is 29.6 Å². The summed E-state index contributed by atoms with van der Waals surface area (Å²) >= 11 is 1.72. The molecule has 0 radical (unpaired) electrons. The fourth-order valence-corrected chi connectivity index (χ4v) is 7.88. The fraction of sp³-hybridized carbons (Fsp3) is 0.265. The molecule has 4 aromatic rings. The Morgan fingerprint density at radius 2 is 1.51 bits per heavy atom. The number of rotatable bonds is 7. The van der Waals surface area contributed by atoms with Gasteiger partial charge in [-0.1, -0.05) is 91.0 Å². The van der Waals surface area contributed by atoms with Crippen molar-refractivity contribution in [1.29, 1.82) is 0 Å². The van der Waals surface area contributed by atoms with Gasteiger partial charge in [-0.3, -0.25) is 19.3 Å². The van der Waals surface area contributed by atoms with E-state index in [0.29, 0.717) is 6.54 Å². The Balaban J connectivity index is 1.32. The summed E-state index contributed by atoms with van der Waals surface area (Å²) in [6.07, 6.45) is 2.80. The van der Waals surface area contributed by atoms with Crippen LogP contribution in [0.15, 0.2) is 97.1 Å². The van der Waals surface area contributed by atoms with Gasteiger partial charge in [0.25, 0.3) is 5.91 Å². The molecule has 3 amide bonds. The van der Waals surface area contributed by atoms with Gasteiger partial charge in [-0.25, -0.2) is 0 Å². The maximum absolute atomic E-state index is 14.8. The van der Waals surface area contributed by atoms with Crippen LogP contribution in [0.25, 0.3) is 10.8 Å². The highest BCUT2D eigenvalue weighted by Gasteiger charge is 2.75. The number of fused-ring (bicyclic) bond motifs is 5. The number of carbonyl (C=O) groups is 3. The maximum Gasteiger partial charge on any atom is 0.294 e. The van der Waals surface area contributed by atoms with E-state index in [1.165, 1.54) is 4.90 Å². The number of benzene rings is 4. The van der Waals surface area contributed by atoms with Crippen molar-refractivity contribution in [2.45, 2.75) is 31.1 Å². The average molecular weight is 563 g/mol. The maximum atomic E-state index is 14.8. The smallest absolute Gasteiger partial charge is 0.294 e. The Hall–Kier alpha value is -3.94. The minimum Gasteiger partial charge on any atom is -0.326 e. The predicted octanol–water partition coefficient (Wildman–Crippen LogP) is 4.08. The van der Waals surface area contributed by atoms with Gasteiger partial charge in [0.2, 0.25) is 17.4 Å². The first-order valence-corrected chi connectivity index (χ1v) is 15.6. The number of nitrogens with zero attached hydrogens (tertiary/aromatic N) is 2. The van der Waals surface area contributed by atoms with Gasteiger partial charge in [-0.15, -0.1) is 0 Å². The highest BCUT2D eigenvalue weighted by Crippen LogP contribution is 2.52. The molecule has 0 saturated carbocycles. The molecule has 0 aromatic heterocycles. The molecule has 2 fully saturated rings. The van der Waals surface area contributed by atoms with Crippen molar-refractivity contribution in [1.82, 2.24) is 4.90 Å². The quantitative estimate of drug-likeness (QED) is 0.345. The first-order chi connectivity index (χ1) is 20.0. The first kappa shape index (κ1) is 26.0. The van der Waals surface area contributed by atoms with Gasteiger partial charge < -0.3 is 10.2 Å². The zero-order valence-corrected chi connectivity index (χ0v) is 23.7. The van der Waals surface area contributed by atoms with Crippen LogP contribution in [0.3, 0.4) is 0 Å². The van der Waals surface area contributed by atoms with Crippen LogP contribution < -0.4 is 10.2 Å². The lowest BCUT2D eigenvalue weighted by atomic mass is 9.76. The van der Waals surface area contributed by atoms with Crippen LogP contribution in [0.1, 0.15) is 23.1 Å². The van der Waals surface area contributed by atoms with Gasteiger partial charge in [-0.05, 0) is 40.0 Å². The van der Waals surface area contributed by atoms with E-state index in [4.69, 9.17) is 0 Å². The summed E-state index contributed by atoms with van der Waals surface area (Å²) in [4.78, 5) is 46.4. The van der Waals surface area contributed by atoms with Gasteiger partial charge in [0.15, 0.2) is 0 Å². The molecule has 6 nitrogen and oxygen atoms in total. The summed E-state index contributed by atoms with van der Waals surface area (Å²) in [5, 5.41) is 4.31. The number of para-hydroxylation sites is 1. The second-order valence-corrected chi connectivity index (χ2v) is 12.3. The highest BCUT2D eigenvalue weighted by molar-refractivity contribution is 7.98. The molecule has 2 N–H and O–H groups in total. The van der Waals surface area contributed by atoms with Crippen molar-refractivity contribution in [3.8, 4) is 0 Å². The monoisotopic (exact) mass is 562 g/mol. The molecular weight excluding hydrogens is 530 g/mol. The molecule has 3 aliphatic heterocycles. The first-order valence-electron chi connectivity index (χ1n) is 14.2. The zero-order chi connectivity index (χ0) is 28.1. The SMILES string of the molecule is CSCC[C@H]1[NH2+][C@]2(C(=O)N(Cc3cccc4ccccc34)c3ccccc32)[C@@H]2C(=O)N(Cc3ccccc3)C(=O)[C@@H]21. The Morgan fingerprint density at radius 3 is 2.34 bits per heavy atom. The number of carbonyl (C=O) groups excluding carboxylic acids is 3. The molecule has 206 valence electrons. The predicted molar refractivity (Wildman–Crippen MR) is 161 cm³/mol. The molecule has 3 aliphatic rings. The zero-order valence-electron chi connectivity index (χ0n) is 22.9. The third-order valence-corrected chi connectivity index (χ3v) is 9.80. The molecule has 0 aliphatic carbocycles. The average Bonchev–Trinajstić information content (AvgIpc) is 3.56. The molecule has 4 aromatic carbocycles. The van der Waals surface area contributed by atoms with Crippen molar-refractivity contribution >= 4 is 45.9 Å². The molecule has 0 bridgehead atoms. The number of hydrogen-bond donors (Lipinski definition) is 1. The number of likely N-dealkylation sites (tertiary alicyclic amines) is 1. The van der Waals surface area contributed by atoms with Gasteiger partial charge in [0.05, 0.1) is 18.8 Å². The van der Waals surface area contributed by atoms with Gasteiger partial charge in [-0.2, -0.15) is 11.8 Å². The van der Waals surface area contributed by atoms with E-state index in [-0.39, 0.29) is 30.3 Å². The normalized spacial score (nSPS) is 25.0. The highest BCUT2D eigenvalue weighted by atomic mass is 32.2. The number of nitrogens with two attached hydrogens (primary N) is 1. The van der Waals surface area contributed by atoms with Crippen molar-refractivity contribution in [2.24, 2.45) is 11.8 Å². The second-order valence-electron chi connectivity index (χ2n) is 11.3. The molecule has 2 saturated heterocycles. The van der Waals surface area contributed by atoms with Crippen molar-refractivity contribution in [2.75, 3.05) is 16.9 Å². The van der Waals surface area contributed by atoms with Crippen LogP contribution >= 0.6 is 11.8 Å². The van der Waals surface area contributed by atoms with E-state index >= 15 is 0 Å². The molecule has 4 atom stereocenters. The van der Waals surface area contributed by atoms with Crippen LogP contribution in [0.4, 0.5) is 5.69 Å². The molecular formula is C34H32N3O3S+. The van der Waals surface area contributed by atoms with Crippen LogP contribution in [0.2, 0.25) is 0 Å². The standard InChI is InChI=1S/C34H31N3O3S/c1-41-19-18-27-29-30(32(39)37(31(29)38)20-22-10-3-2-4-11-22)34(35-27)26-16-7-8-17-28(26)36(33(34)40)21-24-14-9-13-23-12-5-6-15-25(23)24/h2-17,27,29-30,35H,18-21H2,1H3/p+1/t27-,29-,30+,34+/m1/s1. The summed E-state index contributed by atoms with van der Waals surface area (Å²) in [7, 11) is 0. The second kappa shape index (κ2) is 10.2. The Morgan fingerprint density at radius 1 is 0.780 bits per heavy atom. The van der Waals surface area contributed by atoms with E-state index < -0.39 is 17.4 Å². The summed E-state index contributed by atoms with van der Waals surface area (Å²) in [5.41, 5.74) is 2.47. The number of imide groups is 1. The molecule has 7 heteroatoms. The lowest BCUT2D eigenvalue weighted by Gasteiger charge is -2.28. The van der Waals surface area contributed by atoms with E-state index in [1.54, 1.807) is 11.8 Å². The lowest BCUT2D eigenvalue weighted by molar-refractivity contribution is -0.733. The van der Waals surface area contributed by atoms with Crippen LogP contribution in [-0.4, -0.2) is 40.7 Å². The van der Waals surface area contributed by atoms with Crippen LogP contribution in [-0.2, 0) is 33.0 Å². The van der Waals surface area contributed by atoms with Crippen LogP contribution in [0.5, 0.6) is 0 Å². The van der Waals surface area contributed by atoms with Gasteiger partial charge in [0, 0.05) is 12.0 Å². The Kier molecular flexibility index (Phi) is 6.44. The van der Waals surface area contributed by atoms with Crippen LogP contribution in [0, 0.1) is 11.8 Å². The largest absolute Gasteiger partial charge is 0.326 e. The number of quaternary nitrogens is 1. The molecule has 7 rings (SSSR count). The van der Waals surface area contributed by atoms with Gasteiger partial charge >= 0.3 is 0 Å². The van der Waals surface area contributed by atoms with Crippen molar-refractivity contribution in [3.63, 3.8) is 0 Å². The summed E-state index contributed by atoms with van der Waals surface area (Å²) in [6, 6.07) is 31.7. The van der Waals surface area contributed by atoms with Crippen molar-refractivity contribution in [3.05, 3.63) is 114 Å². The summed E-state index contributed by atoms with van der Waals surface area (Å²) in [5.74, 6) is -0.903. The number of anilines is 1. The third-order valence-electron chi connectivity index (χ3n) is 9.16. The number of amides is 3. The van der Waals surface area contributed by atoms with E-state index in [0.717, 1.165) is 45.3 Å².